The minimum atomic E-state index is -0.0412. The first-order chi connectivity index (χ1) is 12.6. The Bertz CT molecular complexity index is 984. The zero-order valence-corrected chi connectivity index (χ0v) is 15.3. The van der Waals surface area contributed by atoms with Crippen LogP contribution in [0.5, 0.6) is 5.75 Å². The van der Waals surface area contributed by atoms with Gasteiger partial charge in [-0.2, -0.15) is 0 Å². The highest BCUT2D eigenvalue weighted by atomic mass is 35.5. The molecule has 1 aliphatic heterocycles. The van der Waals surface area contributed by atoms with Gasteiger partial charge in [0, 0.05) is 17.0 Å². The first-order valence-corrected chi connectivity index (χ1v) is 9.00. The molecule has 0 unspecified atom stereocenters. The largest absolute Gasteiger partial charge is 0.455 e. The third-order valence-corrected chi connectivity index (χ3v) is 5.13. The Morgan fingerprint density at radius 3 is 2.23 bits per heavy atom. The fourth-order valence-electron chi connectivity index (χ4n) is 3.34. The molecule has 1 aliphatic rings. The predicted octanol–water partition coefficient (Wildman–Crippen LogP) is 6.68. The quantitative estimate of drug-likeness (QED) is 0.496. The van der Waals surface area contributed by atoms with Crippen LogP contribution < -0.4 is 4.74 Å². The van der Waals surface area contributed by atoms with Crippen molar-refractivity contribution in [1.29, 1.82) is 0 Å². The highest BCUT2D eigenvalue weighted by molar-refractivity contribution is 6.35. The van der Waals surface area contributed by atoms with Gasteiger partial charge in [0.2, 0.25) is 0 Å². The average molecular weight is 359 g/mol. The third-order valence-electron chi connectivity index (χ3n) is 4.72. The van der Waals surface area contributed by atoms with Crippen LogP contribution in [0.1, 0.15) is 28.2 Å². The molecule has 0 aromatic heterocycles. The molecule has 0 saturated heterocycles. The molecular weight excluding hydrogens is 340 g/mol. The lowest BCUT2D eigenvalue weighted by molar-refractivity contribution is 0.510. The average Bonchev–Trinajstić information content (AvgIpc) is 2.79. The molecule has 4 rings (SSSR count). The van der Waals surface area contributed by atoms with Gasteiger partial charge >= 0.3 is 0 Å². The number of rotatable bonds is 2. The fourth-order valence-corrected chi connectivity index (χ4v) is 3.60. The van der Waals surface area contributed by atoms with Gasteiger partial charge in [0.25, 0.3) is 0 Å². The van der Waals surface area contributed by atoms with Crippen molar-refractivity contribution in [2.45, 2.75) is 12.8 Å². The van der Waals surface area contributed by atoms with Crippen molar-refractivity contribution in [1.82, 2.24) is 0 Å². The van der Waals surface area contributed by atoms with E-state index < -0.39 is 0 Å². The molecule has 3 aromatic carbocycles. The van der Waals surface area contributed by atoms with Crippen LogP contribution in [-0.4, -0.2) is 0 Å². The Morgan fingerprint density at radius 1 is 0.846 bits per heavy atom. The second-order valence-electron chi connectivity index (χ2n) is 6.52. The zero-order chi connectivity index (χ0) is 18.1. The van der Waals surface area contributed by atoms with Crippen molar-refractivity contribution in [3.63, 3.8) is 0 Å². The van der Waals surface area contributed by atoms with Crippen LogP contribution >= 0.6 is 11.6 Å². The fraction of sp³-hybridized carbons (Fsp3) is 0.0833. The molecule has 0 N–H and O–H groups in total. The van der Waals surface area contributed by atoms with E-state index in [2.05, 4.69) is 43.8 Å². The van der Waals surface area contributed by atoms with Crippen molar-refractivity contribution in [2.24, 2.45) is 0 Å². The highest BCUT2D eigenvalue weighted by Crippen LogP contribution is 2.46. The molecule has 0 amide bonds. The van der Waals surface area contributed by atoms with Crippen LogP contribution in [0.3, 0.4) is 0 Å². The first-order valence-electron chi connectivity index (χ1n) is 8.63. The van der Waals surface area contributed by atoms with Crippen LogP contribution in [0.2, 0.25) is 0 Å². The summed E-state index contributed by atoms with van der Waals surface area (Å²) in [5, 5.41) is 0.568. The van der Waals surface area contributed by atoms with E-state index in [0.29, 0.717) is 10.8 Å². The topological polar surface area (TPSA) is 9.23 Å². The minimum absolute atomic E-state index is 0.0412. The summed E-state index contributed by atoms with van der Waals surface area (Å²) >= 11 is 6.79. The van der Waals surface area contributed by atoms with Gasteiger partial charge in [-0.25, -0.2) is 0 Å². The van der Waals surface area contributed by atoms with Gasteiger partial charge in [-0.15, -0.1) is 0 Å². The number of benzene rings is 3. The number of hydrogen-bond donors (Lipinski definition) is 0. The van der Waals surface area contributed by atoms with Crippen LogP contribution in [0, 0.1) is 6.92 Å². The summed E-state index contributed by atoms with van der Waals surface area (Å²) < 4.78 is 6.29. The smallest absolute Gasteiger partial charge is 0.153 e. The maximum Gasteiger partial charge on any atom is 0.153 e. The molecule has 0 radical (unpaired) electrons. The van der Waals surface area contributed by atoms with E-state index in [4.69, 9.17) is 16.3 Å². The Labute approximate surface area is 159 Å². The number of aryl methyl sites for hydroxylation is 1. The van der Waals surface area contributed by atoms with E-state index in [1.807, 2.05) is 48.5 Å². The Kier molecular flexibility index (Phi) is 4.40. The molecule has 1 nitrogen and oxygen atoms in total. The SMILES string of the molecule is C=C1C(Cl)=C(c2ccccc2)Oc2ccccc2[C@H]1c1ccc(C)cc1. The number of fused-ring (bicyclic) bond motifs is 1. The molecule has 1 heterocycles. The van der Waals surface area contributed by atoms with E-state index in [-0.39, 0.29) is 5.92 Å². The van der Waals surface area contributed by atoms with E-state index in [0.717, 1.165) is 28.0 Å². The molecule has 0 aliphatic carbocycles. The molecule has 0 spiro atoms. The van der Waals surface area contributed by atoms with Crippen molar-refractivity contribution < 1.29 is 4.74 Å². The lowest BCUT2D eigenvalue weighted by Gasteiger charge is -2.19. The molecule has 1 atom stereocenters. The monoisotopic (exact) mass is 358 g/mol. The molecule has 0 saturated carbocycles. The predicted molar refractivity (Wildman–Crippen MR) is 108 cm³/mol. The molecular formula is C24H19ClO. The van der Waals surface area contributed by atoms with Gasteiger partial charge in [-0.3, -0.25) is 0 Å². The van der Waals surface area contributed by atoms with E-state index >= 15 is 0 Å². The Morgan fingerprint density at radius 2 is 1.50 bits per heavy atom. The van der Waals surface area contributed by atoms with E-state index in [1.165, 1.54) is 5.56 Å². The summed E-state index contributed by atoms with van der Waals surface area (Å²) in [6, 6.07) is 26.5. The van der Waals surface area contributed by atoms with Gasteiger partial charge in [0.15, 0.2) is 5.76 Å². The number of ether oxygens (including phenoxy) is 1. The van der Waals surface area contributed by atoms with Crippen LogP contribution in [-0.2, 0) is 0 Å². The zero-order valence-electron chi connectivity index (χ0n) is 14.6. The number of para-hydroxylation sites is 1. The van der Waals surface area contributed by atoms with Gasteiger partial charge in [-0.05, 0) is 24.1 Å². The van der Waals surface area contributed by atoms with E-state index in [1.54, 1.807) is 0 Å². The maximum absolute atomic E-state index is 6.79. The standard InChI is InChI=1S/C24H19ClO/c1-16-12-14-18(15-13-16)22-17(2)23(25)24(19-8-4-3-5-9-19)26-21-11-7-6-10-20(21)22/h3-15,22H,2H2,1H3/t22-/m1/s1. The molecule has 0 bridgehead atoms. The minimum Gasteiger partial charge on any atom is -0.455 e. The summed E-state index contributed by atoms with van der Waals surface area (Å²) in [6.45, 7) is 6.43. The van der Waals surface area contributed by atoms with Crippen molar-refractivity contribution in [2.75, 3.05) is 0 Å². The van der Waals surface area contributed by atoms with Crippen molar-refractivity contribution in [3.8, 4) is 5.75 Å². The first kappa shape index (κ1) is 16.7. The third kappa shape index (κ3) is 2.95. The summed E-state index contributed by atoms with van der Waals surface area (Å²) in [4.78, 5) is 0. The summed E-state index contributed by atoms with van der Waals surface area (Å²) in [6.07, 6.45) is 0. The van der Waals surface area contributed by atoms with Gasteiger partial charge in [-0.1, -0.05) is 96.5 Å². The van der Waals surface area contributed by atoms with Crippen molar-refractivity contribution >= 4 is 17.4 Å². The lowest BCUT2D eigenvalue weighted by atomic mass is 9.84. The maximum atomic E-state index is 6.79. The molecule has 0 fully saturated rings. The van der Waals surface area contributed by atoms with Crippen LogP contribution in [0.4, 0.5) is 0 Å². The second-order valence-corrected chi connectivity index (χ2v) is 6.90. The molecule has 26 heavy (non-hydrogen) atoms. The van der Waals surface area contributed by atoms with Crippen LogP contribution in [0.15, 0.2) is 96.0 Å². The molecule has 128 valence electrons. The Balaban J connectivity index is 1.92. The van der Waals surface area contributed by atoms with Gasteiger partial charge in [0.1, 0.15) is 5.75 Å². The number of allylic oxidation sites excluding steroid dienone is 2. The summed E-state index contributed by atoms with van der Waals surface area (Å²) in [7, 11) is 0. The normalized spacial score (nSPS) is 16.7. The highest BCUT2D eigenvalue weighted by Gasteiger charge is 2.29. The van der Waals surface area contributed by atoms with Crippen LogP contribution in [0.25, 0.3) is 5.76 Å². The van der Waals surface area contributed by atoms with Gasteiger partial charge in [0.05, 0.1) is 5.03 Å². The van der Waals surface area contributed by atoms with Gasteiger partial charge < -0.3 is 4.74 Å². The lowest BCUT2D eigenvalue weighted by Crippen LogP contribution is -2.04. The van der Waals surface area contributed by atoms with E-state index in [9.17, 15) is 0 Å². The van der Waals surface area contributed by atoms with Crippen molar-refractivity contribution in [3.05, 3.63) is 118 Å². The second kappa shape index (κ2) is 6.86. The summed E-state index contributed by atoms with van der Waals surface area (Å²) in [5.41, 5.74) is 5.25. The molecule has 3 aromatic rings. The molecule has 2 heteroatoms. The number of hydrogen-bond acceptors (Lipinski definition) is 1. The Hall–Kier alpha value is -2.77. The number of halogens is 1. The summed E-state index contributed by atoms with van der Waals surface area (Å²) in [5.74, 6) is 1.42.